The number of nitrogens with zero attached hydrogens (tertiary/aromatic N) is 1. The molecule has 3 N–H and O–H groups in total. The molecule has 1 aliphatic heterocycles. The molecule has 1 atom stereocenters. The van der Waals surface area contributed by atoms with E-state index in [1.54, 1.807) is 0 Å². The smallest absolute Gasteiger partial charge is 0.341 e. The van der Waals surface area contributed by atoms with Crippen LogP contribution in [0.2, 0.25) is 0 Å². The van der Waals surface area contributed by atoms with Crippen LogP contribution in [0.15, 0.2) is 18.2 Å². The molecule has 1 unspecified atom stereocenters. The van der Waals surface area contributed by atoms with Gasteiger partial charge in [-0.15, -0.1) is 0 Å². The summed E-state index contributed by atoms with van der Waals surface area (Å²) in [4.78, 5) is 36.2. The lowest BCUT2D eigenvalue weighted by Gasteiger charge is -2.18. The number of esters is 1. The largest absolute Gasteiger partial charge is 0.449 e. The predicted octanol–water partition coefficient (Wildman–Crippen LogP) is 0.505. The minimum atomic E-state index is -1.15. The van der Waals surface area contributed by atoms with Gasteiger partial charge in [0.25, 0.3) is 5.91 Å². The van der Waals surface area contributed by atoms with Crippen LogP contribution >= 0.6 is 0 Å². The maximum Gasteiger partial charge on any atom is 0.341 e. The van der Waals surface area contributed by atoms with Crippen molar-refractivity contribution in [3.63, 3.8) is 0 Å². The van der Waals surface area contributed by atoms with E-state index in [0.717, 1.165) is 17.0 Å². The summed E-state index contributed by atoms with van der Waals surface area (Å²) in [6.45, 7) is 1.93. The van der Waals surface area contributed by atoms with Gasteiger partial charge in [0.1, 0.15) is 5.82 Å². The van der Waals surface area contributed by atoms with Gasteiger partial charge in [-0.2, -0.15) is 0 Å². The van der Waals surface area contributed by atoms with Crippen molar-refractivity contribution >= 4 is 23.6 Å². The fraction of sp³-hybridized carbons (Fsp3) is 0.308. The van der Waals surface area contributed by atoms with E-state index < -0.39 is 29.8 Å². The second-order valence-electron chi connectivity index (χ2n) is 4.50. The highest BCUT2D eigenvalue weighted by Gasteiger charge is 2.32. The number of rotatable bonds is 3. The van der Waals surface area contributed by atoms with Crippen LogP contribution in [0.25, 0.3) is 0 Å². The molecule has 0 aromatic heterocycles. The first-order valence-electron chi connectivity index (χ1n) is 6.25. The number of urea groups is 1. The van der Waals surface area contributed by atoms with Gasteiger partial charge in [-0.05, 0) is 25.1 Å². The predicted molar refractivity (Wildman–Crippen MR) is 70.8 cm³/mol. The van der Waals surface area contributed by atoms with Gasteiger partial charge in [0.2, 0.25) is 0 Å². The van der Waals surface area contributed by atoms with Gasteiger partial charge < -0.3 is 15.8 Å². The normalized spacial score (nSPS) is 15.5. The molecule has 1 aromatic rings. The third kappa shape index (κ3) is 3.10. The maximum absolute atomic E-state index is 12.9. The molecule has 2 rings (SSSR count). The molecule has 1 aromatic carbocycles. The van der Waals surface area contributed by atoms with Crippen LogP contribution in [0.5, 0.6) is 0 Å². The van der Waals surface area contributed by atoms with Gasteiger partial charge in [0, 0.05) is 18.8 Å². The topological polar surface area (TPSA) is 102 Å². The summed E-state index contributed by atoms with van der Waals surface area (Å²) in [5.74, 6) is -2.06. The number of nitrogens with one attached hydrogen (secondary N) is 1. The summed E-state index contributed by atoms with van der Waals surface area (Å²) < 4.78 is 17.9. The van der Waals surface area contributed by atoms with Crippen LogP contribution in [0, 0.1) is 5.82 Å². The minimum absolute atomic E-state index is 0.0399. The minimum Gasteiger partial charge on any atom is -0.449 e. The molecule has 112 valence electrons. The first-order valence-corrected chi connectivity index (χ1v) is 6.25. The highest BCUT2D eigenvalue weighted by Crippen LogP contribution is 2.16. The van der Waals surface area contributed by atoms with Gasteiger partial charge in [-0.25, -0.2) is 14.0 Å². The lowest BCUT2D eigenvalue weighted by atomic mass is 10.2. The number of carbonyl (C=O) groups excluding carboxylic acids is 3. The third-order valence-electron chi connectivity index (χ3n) is 2.99. The van der Waals surface area contributed by atoms with E-state index in [0.29, 0.717) is 6.54 Å². The highest BCUT2D eigenvalue weighted by atomic mass is 19.1. The van der Waals surface area contributed by atoms with Crippen molar-refractivity contribution < 1.29 is 23.5 Å². The highest BCUT2D eigenvalue weighted by molar-refractivity contribution is 6.00. The number of carbonyl (C=O) groups is 3. The molecule has 1 saturated heterocycles. The summed E-state index contributed by atoms with van der Waals surface area (Å²) in [5.41, 5.74) is 5.39. The van der Waals surface area contributed by atoms with Crippen molar-refractivity contribution in [1.82, 2.24) is 10.2 Å². The molecular weight excluding hydrogens is 281 g/mol. The summed E-state index contributed by atoms with van der Waals surface area (Å²) >= 11 is 0. The van der Waals surface area contributed by atoms with E-state index in [4.69, 9.17) is 10.5 Å². The molecule has 0 saturated carbocycles. The lowest BCUT2D eigenvalue weighted by Crippen LogP contribution is -2.41. The zero-order chi connectivity index (χ0) is 15.6. The van der Waals surface area contributed by atoms with Crippen LogP contribution < -0.4 is 11.1 Å². The van der Waals surface area contributed by atoms with Gasteiger partial charge >= 0.3 is 12.0 Å². The van der Waals surface area contributed by atoms with Crippen LogP contribution in [0.4, 0.5) is 14.9 Å². The molecular formula is C13H14FN3O4. The molecule has 8 heteroatoms. The number of nitrogens with two attached hydrogens (primary N) is 1. The van der Waals surface area contributed by atoms with Crippen LogP contribution in [-0.4, -0.2) is 42.0 Å². The Morgan fingerprint density at radius 3 is 2.76 bits per heavy atom. The van der Waals surface area contributed by atoms with Crippen molar-refractivity contribution in [3.8, 4) is 0 Å². The van der Waals surface area contributed by atoms with Gasteiger partial charge in [0.15, 0.2) is 6.10 Å². The van der Waals surface area contributed by atoms with E-state index >= 15 is 0 Å². The van der Waals surface area contributed by atoms with Crippen molar-refractivity contribution in [2.24, 2.45) is 0 Å². The first-order chi connectivity index (χ1) is 9.90. The molecule has 0 spiro atoms. The van der Waals surface area contributed by atoms with Crippen LogP contribution in [0.3, 0.4) is 0 Å². The van der Waals surface area contributed by atoms with Crippen molar-refractivity contribution in [2.75, 3.05) is 18.8 Å². The Kier molecular flexibility index (Phi) is 4.06. The van der Waals surface area contributed by atoms with E-state index in [9.17, 15) is 18.8 Å². The molecule has 1 fully saturated rings. The molecule has 7 nitrogen and oxygen atoms in total. The van der Waals surface area contributed by atoms with E-state index in [2.05, 4.69) is 5.32 Å². The summed E-state index contributed by atoms with van der Waals surface area (Å²) in [5, 5.41) is 2.47. The zero-order valence-electron chi connectivity index (χ0n) is 11.3. The van der Waals surface area contributed by atoms with Gasteiger partial charge in [0.05, 0.1) is 5.56 Å². The fourth-order valence-corrected chi connectivity index (χ4v) is 1.90. The van der Waals surface area contributed by atoms with Crippen molar-refractivity contribution in [2.45, 2.75) is 13.0 Å². The number of halogens is 1. The first kappa shape index (κ1) is 14.8. The SMILES string of the molecule is CC(OC(=O)c1ccc(F)cc1N)C(=O)N1CCNC1=O. The number of nitrogen functional groups attached to an aromatic ring is 1. The van der Waals surface area contributed by atoms with Gasteiger partial charge in [-0.1, -0.05) is 0 Å². The Bertz CT molecular complexity index is 605. The number of amides is 3. The molecule has 0 aliphatic carbocycles. The Labute approximate surface area is 119 Å². The van der Waals surface area contributed by atoms with E-state index in [1.807, 2.05) is 0 Å². The van der Waals surface area contributed by atoms with Crippen LogP contribution in [0.1, 0.15) is 17.3 Å². The number of ether oxygens (including phenoxy) is 1. The average molecular weight is 295 g/mol. The molecule has 0 bridgehead atoms. The molecule has 0 radical (unpaired) electrons. The maximum atomic E-state index is 12.9. The number of imide groups is 1. The molecule has 1 heterocycles. The second kappa shape index (κ2) is 5.78. The standard InChI is InChI=1S/C13H14FN3O4/c1-7(11(18)17-5-4-16-13(17)20)21-12(19)9-3-2-8(14)6-10(9)15/h2-3,6-7H,4-5,15H2,1H3,(H,16,20). The molecule has 3 amide bonds. The summed E-state index contributed by atoms with van der Waals surface area (Å²) in [6, 6.07) is 2.70. The lowest BCUT2D eigenvalue weighted by molar-refractivity contribution is -0.136. The van der Waals surface area contributed by atoms with Crippen LogP contribution in [-0.2, 0) is 9.53 Å². The van der Waals surface area contributed by atoms with E-state index in [-0.39, 0.29) is 17.8 Å². The zero-order valence-corrected chi connectivity index (χ0v) is 11.3. The number of hydrogen-bond acceptors (Lipinski definition) is 5. The summed E-state index contributed by atoms with van der Waals surface area (Å²) in [6.07, 6.45) is -1.15. The molecule has 1 aliphatic rings. The fourth-order valence-electron chi connectivity index (χ4n) is 1.90. The Morgan fingerprint density at radius 2 is 2.19 bits per heavy atom. The van der Waals surface area contributed by atoms with Gasteiger partial charge in [-0.3, -0.25) is 9.69 Å². The Morgan fingerprint density at radius 1 is 1.48 bits per heavy atom. The second-order valence-corrected chi connectivity index (χ2v) is 4.50. The monoisotopic (exact) mass is 295 g/mol. The van der Waals surface area contributed by atoms with E-state index in [1.165, 1.54) is 13.0 Å². The Balaban J connectivity index is 2.05. The molecule has 21 heavy (non-hydrogen) atoms. The Hall–Kier alpha value is -2.64. The summed E-state index contributed by atoms with van der Waals surface area (Å²) in [7, 11) is 0. The average Bonchev–Trinajstić information content (AvgIpc) is 2.83. The third-order valence-corrected chi connectivity index (χ3v) is 2.99. The van der Waals surface area contributed by atoms with Crippen molar-refractivity contribution in [1.29, 1.82) is 0 Å². The number of anilines is 1. The quantitative estimate of drug-likeness (QED) is 0.624. The van der Waals surface area contributed by atoms with Crippen molar-refractivity contribution in [3.05, 3.63) is 29.6 Å². The number of hydrogen-bond donors (Lipinski definition) is 2. The number of benzene rings is 1.